The van der Waals surface area contributed by atoms with Crippen LogP contribution in [-0.4, -0.2) is 21.0 Å². The molecule has 8 heteroatoms. The summed E-state index contributed by atoms with van der Waals surface area (Å²) in [6, 6.07) is 2.11. The molecule has 0 aliphatic rings. The molecule has 23 heavy (non-hydrogen) atoms. The molecule has 0 unspecified atom stereocenters. The van der Waals surface area contributed by atoms with Gasteiger partial charge in [0.05, 0.1) is 16.1 Å². The second-order valence-electron chi connectivity index (χ2n) is 4.89. The zero-order valence-corrected chi connectivity index (χ0v) is 12.3. The zero-order valence-electron chi connectivity index (χ0n) is 11.5. The molecule has 4 nitrogen and oxygen atoms in total. The lowest BCUT2D eigenvalue weighted by molar-refractivity contribution is -0.136. The van der Waals surface area contributed by atoms with Gasteiger partial charge >= 0.3 is 5.97 Å². The van der Waals surface area contributed by atoms with Gasteiger partial charge in [0.1, 0.15) is 5.52 Å². The number of thiazole rings is 1. The summed E-state index contributed by atoms with van der Waals surface area (Å²) in [6.45, 7) is 0. The van der Waals surface area contributed by atoms with Crippen LogP contribution >= 0.6 is 11.3 Å². The average molecular weight is 338 g/mol. The second-order valence-corrected chi connectivity index (χ2v) is 5.97. The van der Waals surface area contributed by atoms with Crippen molar-refractivity contribution >= 4 is 27.5 Å². The number of halogens is 3. The molecule has 118 valence electrons. The quantitative estimate of drug-likeness (QED) is 0.741. The molecule has 1 N–H and O–H groups in total. The van der Waals surface area contributed by atoms with Crippen LogP contribution in [0.1, 0.15) is 16.1 Å². The van der Waals surface area contributed by atoms with Crippen LogP contribution in [0.2, 0.25) is 0 Å². The van der Waals surface area contributed by atoms with E-state index in [9.17, 15) is 18.0 Å². The van der Waals surface area contributed by atoms with Crippen LogP contribution in [0.4, 0.5) is 13.2 Å². The van der Waals surface area contributed by atoms with Crippen molar-refractivity contribution in [1.29, 1.82) is 0 Å². The Morgan fingerprint density at radius 3 is 2.61 bits per heavy atom. The van der Waals surface area contributed by atoms with E-state index in [1.807, 2.05) is 0 Å². The normalized spacial score (nSPS) is 11.1. The maximum absolute atomic E-state index is 13.7. The van der Waals surface area contributed by atoms with Gasteiger partial charge in [0.2, 0.25) is 0 Å². The van der Waals surface area contributed by atoms with E-state index in [-0.39, 0.29) is 23.1 Å². The van der Waals surface area contributed by atoms with E-state index in [1.54, 1.807) is 6.07 Å². The zero-order chi connectivity index (χ0) is 16.6. The van der Waals surface area contributed by atoms with E-state index in [1.165, 1.54) is 12.4 Å². The van der Waals surface area contributed by atoms with Crippen molar-refractivity contribution in [2.45, 2.75) is 12.8 Å². The summed E-state index contributed by atoms with van der Waals surface area (Å²) in [6.07, 6.45) is 3.00. The third-order valence-electron chi connectivity index (χ3n) is 3.12. The first-order valence-corrected chi connectivity index (χ1v) is 7.33. The number of benzene rings is 1. The van der Waals surface area contributed by atoms with Crippen LogP contribution in [-0.2, 0) is 17.6 Å². The van der Waals surface area contributed by atoms with Gasteiger partial charge in [-0.05, 0) is 11.1 Å². The fourth-order valence-corrected chi connectivity index (χ4v) is 3.22. The molecule has 0 aliphatic carbocycles. The Labute approximate surface area is 132 Å². The summed E-state index contributed by atoms with van der Waals surface area (Å²) >= 11 is 0.857. The van der Waals surface area contributed by atoms with Crippen LogP contribution in [0, 0.1) is 17.5 Å². The van der Waals surface area contributed by atoms with E-state index in [4.69, 9.17) is 5.11 Å². The monoisotopic (exact) mass is 338 g/mol. The summed E-state index contributed by atoms with van der Waals surface area (Å²) in [5.74, 6) is -4.28. The van der Waals surface area contributed by atoms with E-state index in [0.29, 0.717) is 22.2 Å². The average Bonchev–Trinajstić information content (AvgIpc) is 2.89. The van der Waals surface area contributed by atoms with Gasteiger partial charge in [-0.3, -0.25) is 9.78 Å². The minimum Gasteiger partial charge on any atom is -0.481 e. The Hall–Kier alpha value is -2.48. The molecular weight excluding hydrogens is 329 g/mol. The first-order chi connectivity index (χ1) is 10.9. The van der Waals surface area contributed by atoms with E-state index < -0.39 is 23.4 Å². The molecule has 2 aromatic heterocycles. The van der Waals surface area contributed by atoms with Gasteiger partial charge < -0.3 is 5.11 Å². The smallest absolute Gasteiger partial charge is 0.307 e. The fourth-order valence-electron chi connectivity index (χ4n) is 2.19. The SMILES string of the molecule is O=C(O)Cc1cncc(Cc2nc3c(F)cc(F)c(F)c3s2)c1. The van der Waals surface area contributed by atoms with Crippen molar-refractivity contribution in [3.63, 3.8) is 0 Å². The molecular formula is C15H9F3N2O2S. The highest BCUT2D eigenvalue weighted by molar-refractivity contribution is 7.18. The molecule has 0 spiro atoms. The number of aromatic nitrogens is 2. The molecule has 0 amide bonds. The molecule has 0 aliphatic heterocycles. The Morgan fingerprint density at radius 1 is 1.13 bits per heavy atom. The molecule has 0 saturated heterocycles. The molecule has 2 heterocycles. The molecule has 3 aromatic rings. The van der Waals surface area contributed by atoms with Gasteiger partial charge in [-0.2, -0.15) is 0 Å². The molecule has 0 bridgehead atoms. The van der Waals surface area contributed by atoms with Crippen LogP contribution in [0.5, 0.6) is 0 Å². The number of hydrogen-bond donors (Lipinski definition) is 1. The lowest BCUT2D eigenvalue weighted by Crippen LogP contribution is -2.01. The van der Waals surface area contributed by atoms with Gasteiger partial charge in [0, 0.05) is 24.9 Å². The number of hydrogen-bond acceptors (Lipinski definition) is 4. The third kappa shape index (κ3) is 3.16. The third-order valence-corrected chi connectivity index (χ3v) is 4.17. The Kier molecular flexibility index (Phi) is 3.99. The number of rotatable bonds is 4. The summed E-state index contributed by atoms with van der Waals surface area (Å²) in [4.78, 5) is 18.6. The summed E-state index contributed by atoms with van der Waals surface area (Å²) in [5, 5.41) is 9.16. The van der Waals surface area contributed by atoms with Crippen LogP contribution in [0.3, 0.4) is 0 Å². The van der Waals surface area contributed by atoms with Gasteiger partial charge in [-0.25, -0.2) is 18.2 Å². The van der Waals surface area contributed by atoms with Gasteiger partial charge in [-0.15, -0.1) is 11.3 Å². The summed E-state index contributed by atoms with van der Waals surface area (Å²) in [5.41, 5.74) is 0.960. The molecule has 0 radical (unpaired) electrons. The summed E-state index contributed by atoms with van der Waals surface area (Å²) in [7, 11) is 0. The largest absolute Gasteiger partial charge is 0.481 e. The van der Waals surface area contributed by atoms with Crippen LogP contribution in [0.25, 0.3) is 10.2 Å². The van der Waals surface area contributed by atoms with E-state index >= 15 is 0 Å². The van der Waals surface area contributed by atoms with Gasteiger partial charge in [0.15, 0.2) is 17.5 Å². The summed E-state index contributed by atoms with van der Waals surface area (Å²) < 4.78 is 40.4. The molecule has 0 fully saturated rings. The molecule has 1 aromatic carbocycles. The highest BCUT2D eigenvalue weighted by Gasteiger charge is 2.17. The van der Waals surface area contributed by atoms with Crippen molar-refractivity contribution in [2.24, 2.45) is 0 Å². The number of carbonyl (C=O) groups is 1. The number of pyridine rings is 1. The number of nitrogens with zero attached hydrogens (tertiary/aromatic N) is 2. The number of aliphatic carboxylic acids is 1. The predicted octanol–water partition coefficient (Wildman–Crippen LogP) is 3.33. The topological polar surface area (TPSA) is 63.1 Å². The Balaban J connectivity index is 1.94. The number of carboxylic acid groups (broad SMARTS) is 1. The minimum atomic E-state index is -1.25. The maximum atomic E-state index is 13.7. The molecule has 0 atom stereocenters. The lowest BCUT2D eigenvalue weighted by atomic mass is 10.1. The van der Waals surface area contributed by atoms with Crippen molar-refractivity contribution < 1.29 is 23.1 Å². The Bertz CT molecular complexity index is 911. The Morgan fingerprint density at radius 2 is 1.87 bits per heavy atom. The minimum absolute atomic E-state index is 0.171. The van der Waals surface area contributed by atoms with Crippen molar-refractivity contribution in [1.82, 2.24) is 9.97 Å². The number of carboxylic acids is 1. The van der Waals surface area contributed by atoms with Crippen molar-refractivity contribution in [3.8, 4) is 0 Å². The van der Waals surface area contributed by atoms with Crippen LogP contribution in [0.15, 0.2) is 24.5 Å². The first kappa shape index (κ1) is 15.4. The lowest BCUT2D eigenvalue weighted by Gasteiger charge is -2.00. The molecule has 0 saturated carbocycles. The van der Waals surface area contributed by atoms with Gasteiger partial charge in [0.25, 0.3) is 0 Å². The van der Waals surface area contributed by atoms with Crippen molar-refractivity contribution in [2.75, 3.05) is 0 Å². The predicted molar refractivity (Wildman–Crippen MR) is 77.9 cm³/mol. The maximum Gasteiger partial charge on any atom is 0.307 e. The second kappa shape index (κ2) is 5.96. The van der Waals surface area contributed by atoms with Gasteiger partial charge in [-0.1, -0.05) is 6.07 Å². The first-order valence-electron chi connectivity index (χ1n) is 6.51. The van der Waals surface area contributed by atoms with E-state index in [0.717, 1.165) is 11.3 Å². The fraction of sp³-hybridized carbons (Fsp3) is 0.133. The highest BCUT2D eigenvalue weighted by Crippen LogP contribution is 2.30. The van der Waals surface area contributed by atoms with Crippen molar-refractivity contribution in [3.05, 3.63) is 58.1 Å². The highest BCUT2D eigenvalue weighted by atomic mass is 32.1. The van der Waals surface area contributed by atoms with Crippen LogP contribution < -0.4 is 0 Å². The standard InChI is InChI=1S/C15H9F3N2O2S/c16-9-4-10(17)14-15(13(9)18)23-11(20-14)2-7-1-8(3-12(21)22)6-19-5-7/h1,4-6H,2-3H2,(H,21,22). The molecule has 3 rings (SSSR count). The number of fused-ring (bicyclic) bond motifs is 1. The van der Waals surface area contributed by atoms with E-state index in [2.05, 4.69) is 9.97 Å².